The van der Waals surface area contributed by atoms with E-state index in [0.717, 1.165) is 18.7 Å². The van der Waals surface area contributed by atoms with Crippen molar-refractivity contribution in [2.24, 2.45) is 0 Å². The molecule has 1 atom stereocenters. The normalized spacial score (nSPS) is 16.6. The first-order valence-corrected chi connectivity index (χ1v) is 9.51. The number of likely N-dealkylation sites (N-methyl/N-ethyl adjacent to an activating group) is 1. The van der Waals surface area contributed by atoms with Gasteiger partial charge in [-0.2, -0.15) is 0 Å². The van der Waals surface area contributed by atoms with Crippen molar-refractivity contribution in [2.75, 3.05) is 20.1 Å². The molecule has 0 amide bonds. The molecule has 0 spiro atoms. The van der Waals surface area contributed by atoms with Gasteiger partial charge in [0, 0.05) is 23.7 Å². The number of nitrogens with zero attached hydrogens (tertiary/aromatic N) is 1. The van der Waals surface area contributed by atoms with Crippen LogP contribution in [0.2, 0.25) is 0 Å². The molecule has 1 N–H and O–H groups in total. The number of hydrogen-bond acceptors (Lipinski definition) is 3. The third-order valence-electron chi connectivity index (χ3n) is 4.30. The predicted molar refractivity (Wildman–Crippen MR) is 103 cm³/mol. The molecule has 0 aromatic heterocycles. The molecule has 0 saturated carbocycles. The van der Waals surface area contributed by atoms with Crippen LogP contribution < -0.4 is 0 Å². The Labute approximate surface area is 149 Å². The Bertz CT molecular complexity index is 674. The number of aliphatic hydroxyl groups excluding tert-OH is 1. The average Bonchev–Trinajstić information content (AvgIpc) is 2.72. The van der Waals surface area contributed by atoms with E-state index in [0.29, 0.717) is 6.54 Å². The van der Waals surface area contributed by atoms with E-state index < -0.39 is 0 Å². The first-order chi connectivity index (χ1) is 11.6. The maximum atomic E-state index is 9.51. The standard InChI is InChI=1S/C21H25NOS/c1-16(23)14-22(2)13-7-11-19-18-9-4-3-8-17(18)15-24-21-12-6-5-10-20(19)21/h3-6,8-12,16,23H,7,13-15H2,1-2H3/b19-11-/t16-/m1/s1. The molecule has 3 rings (SSSR count). The highest BCUT2D eigenvalue weighted by atomic mass is 32.2. The van der Waals surface area contributed by atoms with Crippen LogP contribution in [0.15, 0.2) is 59.5 Å². The summed E-state index contributed by atoms with van der Waals surface area (Å²) in [7, 11) is 2.07. The Balaban J connectivity index is 1.89. The molecule has 0 aliphatic carbocycles. The molecule has 1 aliphatic heterocycles. The summed E-state index contributed by atoms with van der Waals surface area (Å²) in [4.78, 5) is 3.54. The van der Waals surface area contributed by atoms with Gasteiger partial charge in [0.2, 0.25) is 0 Å². The zero-order chi connectivity index (χ0) is 16.9. The average molecular weight is 340 g/mol. The lowest BCUT2D eigenvalue weighted by atomic mass is 9.93. The summed E-state index contributed by atoms with van der Waals surface area (Å²) in [5, 5.41) is 9.51. The van der Waals surface area contributed by atoms with Gasteiger partial charge in [-0.15, -0.1) is 11.8 Å². The van der Waals surface area contributed by atoms with Crippen molar-refractivity contribution >= 4 is 17.3 Å². The van der Waals surface area contributed by atoms with Gasteiger partial charge in [-0.3, -0.25) is 0 Å². The van der Waals surface area contributed by atoms with E-state index in [-0.39, 0.29) is 6.10 Å². The van der Waals surface area contributed by atoms with Gasteiger partial charge >= 0.3 is 0 Å². The van der Waals surface area contributed by atoms with Crippen LogP contribution in [0.1, 0.15) is 30.0 Å². The lowest BCUT2D eigenvalue weighted by Gasteiger charge is -2.18. The lowest BCUT2D eigenvalue weighted by molar-refractivity contribution is 0.142. The monoisotopic (exact) mass is 339 g/mol. The molecule has 2 nitrogen and oxygen atoms in total. The Morgan fingerprint density at radius 1 is 1.12 bits per heavy atom. The number of thioether (sulfide) groups is 1. The lowest BCUT2D eigenvalue weighted by Crippen LogP contribution is -2.27. The van der Waals surface area contributed by atoms with E-state index >= 15 is 0 Å². The van der Waals surface area contributed by atoms with E-state index in [4.69, 9.17) is 0 Å². The van der Waals surface area contributed by atoms with Crippen molar-refractivity contribution < 1.29 is 5.11 Å². The minimum Gasteiger partial charge on any atom is -0.392 e. The van der Waals surface area contributed by atoms with Crippen LogP contribution in [0.4, 0.5) is 0 Å². The second-order valence-electron chi connectivity index (χ2n) is 6.46. The molecule has 2 aromatic carbocycles. The summed E-state index contributed by atoms with van der Waals surface area (Å²) in [6.45, 7) is 3.50. The van der Waals surface area contributed by atoms with Gasteiger partial charge in [-0.1, -0.05) is 48.5 Å². The van der Waals surface area contributed by atoms with Crippen LogP contribution in [-0.2, 0) is 5.75 Å². The van der Waals surface area contributed by atoms with Crippen LogP contribution in [0.25, 0.3) is 5.57 Å². The van der Waals surface area contributed by atoms with Gasteiger partial charge in [0.25, 0.3) is 0 Å². The van der Waals surface area contributed by atoms with Crippen LogP contribution in [-0.4, -0.2) is 36.2 Å². The predicted octanol–water partition coefficient (Wildman–Crippen LogP) is 4.43. The molecular formula is C21H25NOS. The third kappa shape index (κ3) is 4.10. The Morgan fingerprint density at radius 2 is 1.83 bits per heavy atom. The largest absolute Gasteiger partial charge is 0.392 e. The summed E-state index contributed by atoms with van der Waals surface area (Å²) in [6, 6.07) is 17.4. The van der Waals surface area contributed by atoms with E-state index in [9.17, 15) is 5.11 Å². The highest BCUT2D eigenvalue weighted by molar-refractivity contribution is 7.98. The zero-order valence-corrected chi connectivity index (χ0v) is 15.2. The number of benzene rings is 2. The van der Waals surface area contributed by atoms with Gasteiger partial charge in [0.1, 0.15) is 0 Å². The molecule has 3 heteroatoms. The Hall–Kier alpha value is -1.55. The van der Waals surface area contributed by atoms with E-state index in [1.54, 1.807) is 0 Å². The van der Waals surface area contributed by atoms with Crippen LogP contribution in [0, 0.1) is 0 Å². The van der Waals surface area contributed by atoms with Gasteiger partial charge in [-0.25, -0.2) is 0 Å². The third-order valence-corrected chi connectivity index (χ3v) is 5.43. The first-order valence-electron chi connectivity index (χ1n) is 8.52. The molecule has 1 aliphatic rings. The summed E-state index contributed by atoms with van der Waals surface area (Å²) >= 11 is 1.92. The molecule has 0 radical (unpaired) electrons. The number of aliphatic hydroxyl groups is 1. The summed E-state index contributed by atoms with van der Waals surface area (Å²) in [5.41, 5.74) is 5.44. The van der Waals surface area contributed by atoms with Crippen molar-refractivity contribution in [2.45, 2.75) is 30.1 Å². The van der Waals surface area contributed by atoms with E-state index in [1.165, 1.54) is 27.2 Å². The van der Waals surface area contributed by atoms with Crippen molar-refractivity contribution in [3.05, 3.63) is 71.3 Å². The van der Waals surface area contributed by atoms with Crippen molar-refractivity contribution in [1.82, 2.24) is 4.90 Å². The summed E-state index contributed by atoms with van der Waals surface area (Å²) < 4.78 is 0. The molecular weight excluding hydrogens is 314 g/mol. The minimum absolute atomic E-state index is 0.279. The number of hydrogen-bond donors (Lipinski definition) is 1. The van der Waals surface area contributed by atoms with Gasteiger partial charge < -0.3 is 10.0 Å². The van der Waals surface area contributed by atoms with Gasteiger partial charge in [-0.05, 0) is 48.7 Å². The highest BCUT2D eigenvalue weighted by Gasteiger charge is 2.17. The Morgan fingerprint density at radius 3 is 2.62 bits per heavy atom. The van der Waals surface area contributed by atoms with Crippen molar-refractivity contribution in [3.8, 4) is 0 Å². The smallest absolute Gasteiger partial charge is 0.0638 e. The van der Waals surface area contributed by atoms with Gasteiger partial charge in [0.15, 0.2) is 0 Å². The summed E-state index contributed by atoms with van der Waals surface area (Å²) in [6.07, 6.45) is 3.06. The molecule has 24 heavy (non-hydrogen) atoms. The molecule has 0 saturated heterocycles. The van der Waals surface area contributed by atoms with Crippen molar-refractivity contribution in [3.63, 3.8) is 0 Å². The topological polar surface area (TPSA) is 23.5 Å². The maximum Gasteiger partial charge on any atom is 0.0638 e. The fraction of sp³-hybridized carbons (Fsp3) is 0.333. The van der Waals surface area contributed by atoms with Gasteiger partial charge in [0.05, 0.1) is 6.10 Å². The number of fused-ring (bicyclic) bond motifs is 2. The molecule has 126 valence electrons. The quantitative estimate of drug-likeness (QED) is 0.872. The minimum atomic E-state index is -0.279. The molecule has 0 unspecified atom stereocenters. The maximum absolute atomic E-state index is 9.51. The van der Waals surface area contributed by atoms with Crippen LogP contribution in [0.5, 0.6) is 0 Å². The Kier molecular flexibility index (Phi) is 5.77. The van der Waals surface area contributed by atoms with E-state index in [2.05, 4.69) is 66.6 Å². The summed E-state index contributed by atoms with van der Waals surface area (Å²) in [5.74, 6) is 1.02. The second kappa shape index (κ2) is 8.02. The zero-order valence-electron chi connectivity index (χ0n) is 14.4. The highest BCUT2D eigenvalue weighted by Crippen LogP contribution is 2.39. The number of rotatable bonds is 5. The molecule has 0 fully saturated rings. The molecule has 2 aromatic rings. The second-order valence-corrected chi connectivity index (χ2v) is 7.48. The fourth-order valence-corrected chi connectivity index (χ4v) is 4.29. The van der Waals surface area contributed by atoms with Crippen molar-refractivity contribution in [1.29, 1.82) is 0 Å². The molecule has 0 bridgehead atoms. The molecule has 1 heterocycles. The van der Waals surface area contributed by atoms with Crippen LogP contribution in [0.3, 0.4) is 0 Å². The first kappa shape index (κ1) is 17.3. The van der Waals surface area contributed by atoms with Crippen LogP contribution >= 0.6 is 11.8 Å². The van der Waals surface area contributed by atoms with E-state index in [1.807, 2.05) is 18.7 Å². The SMILES string of the molecule is C[C@@H](O)CN(C)CC/C=C1/c2ccccc2CSc2ccccc21. The fourth-order valence-electron chi connectivity index (χ4n) is 3.22.